The van der Waals surface area contributed by atoms with E-state index in [1.54, 1.807) is 65.8 Å². The number of ether oxygens (including phenoxy) is 2. The topological polar surface area (TPSA) is 179 Å². The van der Waals surface area contributed by atoms with Gasteiger partial charge in [-0.3, -0.25) is 14.5 Å². The third kappa shape index (κ3) is 16.4. The molecule has 3 aromatic rings. The molecule has 14 nitrogen and oxygen atoms in total. The van der Waals surface area contributed by atoms with Crippen molar-refractivity contribution in [3.63, 3.8) is 0 Å². The van der Waals surface area contributed by atoms with Crippen LogP contribution in [0, 0.1) is 0 Å². The van der Waals surface area contributed by atoms with Crippen LogP contribution >= 0.6 is 0 Å². The predicted octanol–water partition coefficient (Wildman–Crippen LogP) is 10.1. The predicted molar refractivity (Wildman–Crippen MR) is 266 cm³/mol. The number of alkyl carbamates (subject to hydrolysis) is 2. The molecule has 366 valence electrons. The van der Waals surface area contributed by atoms with Gasteiger partial charge in [-0.2, -0.15) is 0 Å². The Hall–Kier alpha value is -4.40. The number of benzene rings is 3. The Bertz CT molecular complexity index is 2200. The van der Waals surface area contributed by atoms with Crippen LogP contribution in [0.3, 0.4) is 0 Å². The zero-order valence-corrected chi connectivity index (χ0v) is 45.1. The zero-order valence-electron chi connectivity index (χ0n) is 42.2. The number of fused-ring (bicyclic) bond motifs is 1. The number of imide groups is 1. The summed E-state index contributed by atoms with van der Waals surface area (Å²) in [4.78, 5) is 53.8. The number of sulfonamides is 1. The average Bonchev–Trinajstić information content (AvgIpc) is 3.41. The quantitative estimate of drug-likeness (QED) is 0.0981. The maximum Gasteiger partial charge on any atom is 0.408 e. The Morgan fingerprint density at radius 2 is 0.924 bits per heavy atom. The van der Waals surface area contributed by atoms with Crippen molar-refractivity contribution in [3.8, 4) is 0 Å². The van der Waals surface area contributed by atoms with Gasteiger partial charge in [0.25, 0.3) is 11.8 Å². The van der Waals surface area contributed by atoms with Gasteiger partial charge in [0, 0.05) is 0 Å². The molecule has 3 aromatic carbocycles. The number of nitrogens with zero attached hydrogens (tertiary/aromatic N) is 1. The van der Waals surface area contributed by atoms with Crippen molar-refractivity contribution in [1.82, 2.24) is 20.3 Å². The SMILES string of the molecule is CC(C)(C)OC(=O)N[C@H](CO[Si](C)(C)C(C)(C)C)[C@@H](NS(C)(=O)=O)c1ccccc1.CC(C)(C)OC(=O)N[C@H](CO[Si](C)(C)C(C)(C)C)[C@H](c1ccccc1)N1C(=O)c2ccccc2C1=O. The fraction of sp³-hybridized carbons (Fsp3) is 0.551. The van der Waals surface area contributed by atoms with Crippen LogP contribution in [0.25, 0.3) is 0 Å². The van der Waals surface area contributed by atoms with E-state index in [1.807, 2.05) is 60.7 Å². The molecule has 1 heterocycles. The second kappa shape index (κ2) is 21.7. The van der Waals surface area contributed by atoms with Gasteiger partial charge < -0.3 is 29.0 Å². The molecule has 0 aliphatic carbocycles. The summed E-state index contributed by atoms with van der Waals surface area (Å²) in [6, 6.07) is 22.3. The molecule has 4 rings (SSSR count). The lowest BCUT2D eigenvalue weighted by Gasteiger charge is -2.40. The molecule has 1 aliphatic rings. The minimum Gasteiger partial charge on any atom is -0.444 e. The van der Waals surface area contributed by atoms with E-state index < -0.39 is 86.0 Å². The molecule has 0 saturated carbocycles. The van der Waals surface area contributed by atoms with Crippen LogP contribution < -0.4 is 15.4 Å². The molecule has 0 radical (unpaired) electrons. The molecule has 0 bridgehead atoms. The highest BCUT2D eigenvalue weighted by Crippen LogP contribution is 2.39. The first-order valence-corrected chi connectivity index (χ1v) is 30.1. The zero-order chi connectivity index (χ0) is 50.3. The minimum atomic E-state index is -3.56. The molecule has 66 heavy (non-hydrogen) atoms. The van der Waals surface area contributed by atoms with Gasteiger partial charge in [0.1, 0.15) is 11.2 Å². The summed E-state index contributed by atoms with van der Waals surface area (Å²) >= 11 is 0. The van der Waals surface area contributed by atoms with Crippen LogP contribution in [-0.4, -0.2) is 96.7 Å². The van der Waals surface area contributed by atoms with Crippen molar-refractivity contribution in [1.29, 1.82) is 0 Å². The lowest BCUT2D eigenvalue weighted by atomic mass is 9.98. The molecule has 4 amide bonds. The smallest absolute Gasteiger partial charge is 0.408 e. The summed E-state index contributed by atoms with van der Waals surface area (Å²) < 4.78 is 50.7. The van der Waals surface area contributed by atoms with E-state index in [1.165, 1.54) is 4.90 Å². The normalized spacial score (nSPS) is 15.7. The number of carbonyl (C=O) groups excluding carboxylic acids is 4. The molecule has 0 aromatic heterocycles. The molecular weight excluding hydrogens is 893 g/mol. The number of nitrogens with one attached hydrogen (secondary N) is 3. The van der Waals surface area contributed by atoms with Crippen LogP contribution in [-0.2, 0) is 28.3 Å². The minimum absolute atomic E-state index is 0.0318. The van der Waals surface area contributed by atoms with E-state index in [0.717, 1.165) is 11.8 Å². The molecule has 1 aliphatic heterocycles. The largest absolute Gasteiger partial charge is 0.444 e. The third-order valence-corrected chi connectivity index (χ3v) is 21.5. The second-order valence-corrected chi connectivity index (χ2v) is 33.2. The standard InChI is InChI=1S/C28H38N2O5Si.C21H38N2O5SSi/c1-27(2,3)35-26(33)29-22(18-34-36(7,8)28(4,5)6)23(19-14-10-9-11-15-19)30-24(31)20-16-12-13-17-21(20)25(30)32;1-20(2,3)28-19(24)22-17(15-27-30(8,9)21(4,5)6)18(23-29(7,25)26)16-13-11-10-12-14-16/h9-17,22-23H,18H2,1-8H3,(H,29,33);10-14,17-18,23H,15H2,1-9H3,(H,22,24)/t22-,23+;17-,18+/m11/s1. The van der Waals surface area contributed by atoms with Gasteiger partial charge in [0.15, 0.2) is 16.6 Å². The van der Waals surface area contributed by atoms with Crippen LogP contribution in [0.1, 0.15) is 127 Å². The summed E-state index contributed by atoms with van der Waals surface area (Å²) in [6.07, 6.45) is -0.159. The lowest BCUT2D eigenvalue weighted by molar-refractivity contribution is 0.0367. The summed E-state index contributed by atoms with van der Waals surface area (Å²) in [5.41, 5.74) is 0.748. The highest BCUT2D eigenvalue weighted by Gasteiger charge is 2.46. The molecule has 17 heteroatoms. The van der Waals surface area contributed by atoms with Gasteiger partial charge in [-0.25, -0.2) is 22.7 Å². The van der Waals surface area contributed by atoms with Gasteiger partial charge in [0.2, 0.25) is 10.0 Å². The Morgan fingerprint density at radius 3 is 1.29 bits per heavy atom. The number of carbonyl (C=O) groups is 4. The number of hydrogen-bond acceptors (Lipinski definition) is 10. The Labute approximate surface area is 396 Å². The summed E-state index contributed by atoms with van der Waals surface area (Å²) in [6.45, 7) is 32.2. The highest BCUT2D eigenvalue weighted by atomic mass is 32.2. The van der Waals surface area contributed by atoms with Gasteiger partial charge in [-0.05, 0) is 101 Å². The molecule has 3 N–H and O–H groups in total. The maximum absolute atomic E-state index is 13.5. The average molecular weight is 969 g/mol. The van der Waals surface area contributed by atoms with Gasteiger partial charge in [-0.15, -0.1) is 0 Å². The molecule has 0 saturated heterocycles. The second-order valence-electron chi connectivity index (χ2n) is 21.8. The Balaban J connectivity index is 0.000000357. The third-order valence-electron chi connectivity index (χ3n) is 11.8. The van der Waals surface area contributed by atoms with Crippen molar-refractivity contribution in [2.75, 3.05) is 19.5 Å². The molecule has 0 fully saturated rings. The first kappa shape index (κ1) is 55.9. The van der Waals surface area contributed by atoms with Crippen LogP contribution in [0.5, 0.6) is 0 Å². The fourth-order valence-electron chi connectivity index (χ4n) is 6.33. The fourth-order valence-corrected chi connectivity index (χ4v) is 9.15. The van der Waals surface area contributed by atoms with E-state index in [4.69, 9.17) is 18.3 Å². The van der Waals surface area contributed by atoms with E-state index in [9.17, 15) is 27.6 Å². The summed E-state index contributed by atoms with van der Waals surface area (Å²) in [5.74, 6) is -0.791. The Morgan fingerprint density at radius 1 is 0.576 bits per heavy atom. The van der Waals surface area contributed by atoms with Crippen molar-refractivity contribution >= 4 is 50.7 Å². The maximum atomic E-state index is 13.5. The van der Waals surface area contributed by atoms with Crippen molar-refractivity contribution < 1.29 is 45.9 Å². The van der Waals surface area contributed by atoms with Crippen LogP contribution in [0.2, 0.25) is 36.3 Å². The van der Waals surface area contributed by atoms with E-state index in [2.05, 4.69) is 83.1 Å². The molecule has 0 spiro atoms. The van der Waals surface area contributed by atoms with E-state index in [0.29, 0.717) is 16.7 Å². The van der Waals surface area contributed by atoms with E-state index >= 15 is 0 Å². The molecule has 4 atom stereocenters. The number of rotatable bonds is 15. The highest BCUT2D eigenvalue weighted by molar-refractivity contribution is 7.88. The van der Waals surface area contributed by atoms with Crippen LogP contribution in [0.4, 0.5) is 9.59 Å². The first-order valence-electron chi connectivity index (χ1n) is 22.3. The molecular formula is C49H76N4O10SSi2. The summed E-state index contributed by atoms with van der Waals surface area (Å²) in [5, 5.41) is 5.66. The molecule has 0 unspecified atom stereocenters. The van der Waals surface area contributed by atoms with Crippen molar-refractivity contribution in [2.45, 2.75) is 155 Å². The van der Waals surface area contributed by atoms with Crippen LogP contribution in [0.15, 0.2) is 84.9 Å². The first-order chi connectivity index (χ1) is 30.0. The van der Waals surface area contributed by atoms with Gasteiger partial charge >= 0.3 is 12.2 Å². The monoisotopic (exact) mass is 968 g/mol. The summed E-state index contributed by atoms with van der Waals surface area (Å²) in [7, 11) is -7.93. The lowest BCUT2D eigenvalue weighted by Crippen LogP contribution is -2.53. The Kier molecular flexibility index (Phi) is 18.4. The van der Waals surface area contributed by atoms with E-state index in [-0.39, 0.29) is 23.3 Å². The van der Waals surface area contributed by atoms with Crippen molar-refractivity contribution in [2.24, 2.45) is 0 Å². The number of hydrogen-bond donors (Lipinski definition) is 3. The van der Waals surface area contributed by atoms with Gasteiger partial charge in [0.05, 0.1) is 54.8 Å². The van der Waals surface area contributed by atoms with Crippen molar-refractivity contribution in [3.05, 3.63) is 107 Å². The van der Waals surface area contributed by atoms with Gasteiger partial charge in [-0.1, -0.05) is 114 Å². The number of amides is 4.